The van der Waals surface area contributed by atoms with Crippen molar-refractivity contribution in [1.82, 2.24) is 20.4 Å². The Labute approximate surface area is 200 Å². The Morgan fingerprint density at radius 1 is 1.20 bits per heavy atom. The van der Waals surface area contributed by atoms with Crippen molar-refractivity contribution in [3.63, 3.8) is 0 Å². The zero-order valence-electron chi connectivity index (χ0n) is 19.5. The van der Waals surface area contributed by atoms with Crippen LogP contribution in [0, 0.1) is 11.8 Å². The van der Waals surface area contributed by atoms with Crippen molar-refractivity contribution in [3.05, 3.63) is 0 Å². The molecule has 0 radical (unpaired) electrons. The highest BCUT2D eigenvalue weighted by Gasteiger charge is 2.22. The number of morpholine rings is 1. The zero-order valence-corrected chi connectivity index (χ0v) is 21.8. The Bertz CT molecular complexity index is 512. The van der Waals surface area contributed by atoms with Crippen molar-refractivity contribution in [3.8, 4) is 0 Å². The lowest BCUT2D eigenvalue weighted by atomic mass is 10.00. The number of rotatable bonds is 9. The Morgan fingerprint density at radius 3 is 2.57 bits per heavy atom. The van der Waals surface area contributed by atoms with E-state index < -0.39 is 0 Å². The third-order valence-corrected chi connectivity index (χ3v) is 5.75. The number of piperidine rings is 1. The number of halogens is 1. The maximum Gasteiger partial charge on any atom is 0.224 e. The molecular weight excluding hydrogens is 493 g/mol. The van der Waals surface area contributed by atoms with Crippen molar-refractivity contribution in [2.75, 3.05) is 59.0 Å². The number of carbonyl (C=O) groups is 1. The number of nitrogens with zero attached hydrogens (tertiary/aromatic N) is 3. The highest BCUT2D eigenvalue weighted by molar-refractivity contribution is 14.0. The minimum atomic E-state index is 0. The second-order valence-corrected chi connectivity index (χ2v) is 8.92. The number of hydrogen-bond donors (Lipinski definition) is 2. The average Bonchev–Trinajstić information content (AvgIpc) is 2.71. The van der Waals surface area contributed by atoms with E-state index in [0.29, 0.717) is 30.8 Å². The zero-order chi connectivity index (χ0) is 21.1. The van der Waals surface area contributed by atoms with E-state index in [1.807, 2.05) is 4.90 Å². The van der Waals surface area contributed by atoms with Gasteiger partial charge >= 0.3 is 0 Å². The molecule has 2 rings (SSSR count). The van der Waals surface area contributed by atoms with Gasteiger partial charge in [0, 0.05) is 51.7 Å². The number of carbonyl (C=O) groups excluding carboxylic acids is 1. The van der Waals surface area contributed by atoms with E-state index in [0.717, 1.165) is 71.3 Å². The second kappa shape index (κ2) is 15.2. The first-order valence-corrected chi connectivity index (χ1v) is 11.6. The molecule has 0 bridgehead atoms. The summed E-state index contributed by atoms with van der Waals surface area (Å²) in [6, 6.07) is 0.436. The van der Waals surface area contributed by atoms with Gasteiger partial charge in [-0.1, -0.05) is 20.8 Å². The van der Waals surface area contributed by atoms with Crippen LogP contribution in [0.4, 0.5) is 0 Å². The molecule has 2 saturated heterocycles. The molecule has 2 unspecified atom stereocenters. The first kappa shape index (κ1) is 27.4. The summed E-state index contributed by atoms with van der Waals surface area (Å²) in [6.45, 7) is 16.5. The molecule has 0 aromatic rings. The van der Waals surface area contributed by atoms with Crippen LogP contribution in [0.1, 0.15) is 53.4 Å². The lowest BCUT2D eigenvalue weighted by molar-refractivity contribution is -0.132. The summed E-state index contributed by atoms with van der Waals surface area (Å²) in [6.07, 6.45) is 4.02. The molecule has 0 aliphatic carbocycles. The van der Waals surface area contributed by atoms with Crippen molar-refractivity contribution < 1.29 is 9.53 Å². The molecule has 2 atom stereocenters. The van der Waals surface area contributed by atoms with E-state index in [-0.39, 0.29) is 29.9 Å². The lowest BCUT2D eigenvalue weighted by Gasteiger charge is -2.34. The summed E-state index contributed by atoms with van der Waals surface area (Å²) in [7, 11) is 0. The summed E-state index contributed by atoms with van der Waals surface area (Å²) in [5.74, 6) is 2.33. The Morgan fingerprint density at radius 2 is 1.93 bits per heavy atom. The summed E-state index contributed by atoms with van der Waals surface area (Å²) >= 11 is 0. The van der Waals surface area contributed by atoms with E-state index >= 15 is 0 Å². The van der Waals surface area contributed by atoms with Crippen molar-refractivity contribution in [2.45, 2.75) is 59.4 Å². The molecule has 2 heterocycles. The second-order valence-electron chi connectivity index (χ2n) is 8.92. The molecule has 7 nitrogen and oxygen atoms in total. The topological polar surface area (TPSA) is 69.2 Å². The van der Waals surface area contributed by atoms with Crippen LogP contribution in [0.25, 0.3) is 0 Å². The first-order chi connectivity index (χ1) is 14.0. The van der Waals surface area contributed by atoms with E-state index in [1.54, 1.807) is 0 Å². The lowest BCUT2D eigenvalue weighted by Crippen LogP contribution is -2.46. The molecule has 0 spiro atoms. The summed E-state index contributed by atoms with van der Waals surface area (Å²) in [4.78, 5) is 21.9. The van der Waals surface area contributed by atoms with Crippen molar-refractivity contribution in [1.29, 1.82) is 0 Å². The first-order valence-electron chi connectivity index (χ1n) is 11.6. The van der Waals surface area contributed by atoms with Gasteiger partial charge in [-0.15, -0.1) is 24.0 Å². The average molecular weight is 538 g/mol. The van der Waals surface area contributed by atoms with Crippen LogP contribution in [0.15, 0.2) is 4.99 Å². The molecule has 176 valence electrons. The third-order valence-electron chi connectivity index (χ3n) is 5.75. The largest absolute Gasteiger partial charge is 0.379 e. The van der Waals surface area contributed by atoms with E-state index in [2.05, 4.69) is 43.2 Å². The number of hydrogen-bond acceptors (Lipinski definition) is 4. The molecule has 1 amide bonds. The highest BCUT2D eigenvalue weighted by atomic mass is 127. The Kier molecular flexibility index (Phi) is 13.9. The Balaban J connectivity index is 0.00000450. The van der Waals surface area contributed by atoms with Crippen molar-refractivity contribution >= 4 is 35.8 Å². The molecule has 2 aliphatic rings. The molecule has 8 heteroatoms. The standard InChI is InChI=1S/C22H43N5O2.HI/c1-5-23-22(24-9-8-21(28)27-10-6-7-19(4)17-27)25-16-20(15-18(2)3)26-11-13-29-14-12-26;/h18-20H,5-17H2,1-4H3,(H2,23,24,25);1H. The normalized spacial score (nSPS) is 21.8. The molecule has 2 fully saturated rings. The number of amides is 1. The molecule has 2 N–H and O–H groups in total. The quantitative estimate of drug-likeness (QED) is 0.269. The monoisotopic (exact) mass is 537 g/mol. The summed E-state index contributed by atoms with van der Waals surface area (Å²) in [5.41, 5.74) is 0. The van der Waals surface area contributed by atoms with Crippen molar-refractivity contribution in [2.24, 2.45) is 16.8 Å². The molecule has 0 aromatic carbocycles. The molecule has 30 heavy (non-hydrogen) atoms. The number of likely N-dealkylation sites (tertiary alicyclic amines) is 1. The van der Waals surface area contributed by atoms with Gasteiger partial charge < -0.3 is 20.3 Å². The Hall–Kier alpha value is -0.610. The summed E-state index contributed by atoms with van der Waals surface area (Å²) < 4.78 is 5.51. The predicted octanol–water partition coefficient (Wildman–Crippen LogP) is 2.56. The fourth-order valence-corrected chi connectivity index (χ4v) is 4.23. The van der Waals surface area contributed by atoms with E-state index in [1.165, 1.54) is 6.42 Å². The van der Waals surface area contributed by atoms with Gasteiger partial charge in [-0.05, 0) is 38.0 Å². The van der Waals surface area contributed by atoms with Crippen LogP contribution in [0.2, 0.25) is 0 Å². The number of aliphatic imine (C=N–C) groups is 1. The molecule has 0 aromatic heterocycles. The maximum absolute atomic E-state index is 12.5. The molecule has 2 aliphatic heterocycles. The van der Waals surface area contributed by atoms with Crippen LogP contribution in [-0.4, -0.2) is 86.7 Å². The minimum Gasteiger partial charge on any atom is -0.379 e. The van der Waals surface area contributed by atoms with Gasteiger partial charge in [0.15, 0.2) is 5.96 Å². The number of nitrogens with one attached hydrogen (secondary N) is 2. The number of ether oxygens (including phenoxy) is 1. The van der Waals surface area contributed by atoms with Crippen LogP contribution in [-0.2, 0) is 9.53 Å². The maximum atomic E-state index is 12.5. The third kappa shape index (κ3) is 10.1. The summed E-state index contributed by atoms with van der Waals surface area (Å²) in [5, 5.41) is 6.69. The highest BCUT2D eigenvalue weighted by Crippen LogP contribution is 2.16. The fraction of sp³-hybridized carbons (Fsp3) is 0.909. The predicted molar refractivity (Wildman–Crippen MR) is 135 cm³/mol. The van der Waals surface area contributed by atoms with Crippen LogP contribution < -0.4 is 10.6 Å². The van der Waals surface area contributed by atoms with Crippen LogP contribution >= 0.6 is 24.0 Å². The molecule has 0 saturated carbocycles. The fourth-order valence-electron chi connectivity index (χ4n) is 4.23. The van der Waals surface area contributed by atoms with Crippen LogP contribution in [0.5, 0.6) is 0 Å². The minimum absolute atomic E-state index is 0. The van der Waals surface area contributed by atoms with E-state index in [4.69, 9.17) is 9.73 Å². The van der Waals surface area contributed by atoms with Gasteiger partial charge in [0.05, 0.1) is 19.8 Å². The van der Waals surface area contributed by atoms with Gasteiger partial charge in [-0.3, -0.25) is 14.7 Å². The SMILES string of the molecule is CCNC(=NCC(CC(C)C)N1CCOCC1)NCCC(=O)N1CCCC(C)C1.I. The smallest absolute Gasteiger partial charge is 0.224 e. The number of guanidine groups is 1. The molecular formula is C22H44IN5O2. The van der Waals surface area contributed by atoms with Gasteiger partial charge in [-0.2, -0.15) is 0 Å². The van der Waals surface area contributed by atoms with Gasteiger partial charge in [0.1, 0.15) is 0 Å². The van der Waals surface area contributed by atoms with Gasteiger partial charge in [-0.25, -0.2) is 0 Å². The van der Waals surface area contributed by atoms with Crippen LogP contribution in [0.3, 0.4) is 0 Å². The van der Waals surface area contributed by atoms with E-state index in [9.17, 15) is 4.79 Å². The van der Waals surface area contributed by atoms with Gasteiger partial charge in [0.2, 0.25) is 5.91 Å². The van der Waals surface area contributed by atoms with Gasteiger partial charge in [0.25, 0.3) is 0 Å².